The maximum absolute atomic E-state index is 5.69. The van der Waals surface area contributed by atoms with E-state index in [1.165, 1.54) is 16.7 Å². The number of benzene rings is 1. The van der Waals surface area contributed by atoms with Gasteiger partial charge in [-0.3, -0.25) is 0 Å². The first-order valence-electron chi connectivity index (χ1n) is 7.09. The van der Waals surface area contributed by atoms with E-state index >= 15 is 0 Å². The van der Waals surface area contributed by atoms with E-state index in [1.54, 1.807) is 0 Å². The van der Waals surface area contributed by atoms with Gasteiger partial charge in [0, 0.05) is 6.61 Å². The Morgan fingerprint density at radius 3 is 2.47 bits per heavy atom. The fourth-order valence-electron chi connectivity index (χ4n) is 2.11. The van der Waals surface area contributed by atoms with Crippen molar-refractivity contribution in [3.8, 4) is 0 Å². The van der Waals surface area contributed by atoms with E-state index in [1.807, 2.05) is 7.05 Å². The Bertz CT molecular complexity index is 366. The number of hydrogen-bond acceptors (Lipinski definition) is 3. The Morgan fingerprint density at radius 2 is 1.84 bits per heavy atom. The maximum atomic E-state index is 5.69. The third kappa shape index (κ3) is 5.72. The van der Waals surface area contributed by atoms with E-state index in [9.17, 15) is 0 Å². The van der Waals surface area contributed by atoms with E-state index in [-0.39, 0.29) is 6.04 Å². The summed E-state index contributed by atoms with van der Waals surface area (Å²) >= 11 is 0. The van der Waals surface area contributed by atoms with Gasteiger partial charge in [0.2, 0.25) is 0 Å². The van der Waals surface area contributed by atoms with Crippen LogP contribution in [0.4, 0.5) is 0 Å². The first-order valence-corrected chi connectivity index (χ1v) is 7.09. The van der Waals surface area contributed by atoms with Crippen LogP contribution in [0.1, 0.15) is 36.1 Å². The van der Waals surface area contributed by atoms with Crippen LogP contribution in [-0.2, 0) is 9.47 Å². The van der Waals surface area contributed by atoms with Gasteiger partial charge in [0.15, 0.2) is 0 Å². The van der Waals surface area contributed by atoms with Crippen molar-refractivity contribution in [1.82, 2.24) is 5.32 Å². The largest absolute Gasteiger partial charge is 0.379 e. The van der Waals surface area contributed by atoms with Gasteiger partial charge in [-0.25, -0.2) is 0 Å². The molecule has 19 heavy (non-hydrogen) atoms. The molecule has 0 radical (unpaired) electrons. The third-order valence-electron chi connectivity index (χ3n) is 3.15. The molecular formula is C16H27NO2. The van der Waals surface area contributed by atoms with Crippen molar-refractivity contribution in [1.29, 1.82) is 0 Å². The highest BCUT2D eigenvalue weighted by Gasteiger charge is 2.11. The molecule has 108 valence electrons. The van der Waals surface area contributed by atoms with E-state index in [2.05, 4.69) is 44.3 Å². The molecule has 3 nitrogen and oxygen atoms in total. The fourth-order valence-corrected chi connectivity index (χ4v) is 2.11. The van der Waals surface area contributed by atoms with E-state index in [4.69, 9.17) is 9.47 Å². The minimum absolute atomic E-state index is 0.242. The van der Waals surface area contributed by atoms with Gasteiger partial charge in [0.1, 0.15) is 0 Å². The van der Waals surface area contributed by atoms with Gasteiger partial charge in [-0.1, -0.05) is 30.7 Å². The lowest BCUT2D eigenvalue weighted by molar-refractivity contribution is 0.0398. The minimum atomic E-state index is 0.242. The summed E-state index contributed by atoms with van der Waals surface area (Å²) in [5.41, 5.74) is 3.91. The molecule has 1 unspecified atom stereocenters. The van der Waals surface area contributed by atoms with Crippen LogP contribution >= 0.6 is 0 Å². The average Bonchev–Trinajstić information content (AvgIpc) is 2.39. The van der Waals surface area contributed by atoms with Gasteiger partial charge >= 0.3 is 0 Å². The predicted molar refractivity (Wildman–Crippen MR) is 79.6 cm³/mol. The Morgan fingerprint density at radius 1 is 1.11 bits per heavy atom. The zero-order chi connectivity index (χ0) is 14.1. The van der Waals surface area contributed by atoms with Crippen LogP contribution in [0.2, 0.25) is 0 Å². The Kier molecular flexibility index (Phi) is 7.72. The van der Waals surface area contributed by atoms with E-state index in [0.717, 1.165) is 13.0 Å². The second kappa shape index (κ2) is 9.08. The molecule has 0 aromatic heterocycles. The summed E-state index contributed by atoms with van der Waals surface area (Å²) in [5.74, 6) is 0. The van der Waals surface area contributed by atoms with Crippen molar-refractivity contribution in [2.24, 2.45) is 0 Å². The molecule has 0 fully saturated rings. The average molecular weight is 265 g/mol. The molecule has 0 saturated heterocycles. The number of rotatable bonds is 9. The van der Waals surface area contributed by atoms with E-state index in [0.29, 0.717) is 19.8 Å². The van der Waals surface area contributed by atoms with Gasteiger partial charge in [-0.2, -0.15) is 0 Å². The quantitative estimate of drug-likeness (QED) is 0.696. The summed E-state index contributed by atoms with van der Waals surface area (Å²) in [6.07, 6.45) is 1.06. The molecule has 0 saturated carbocycles. The number of aryl methyl sites for hydroxylation is 2. The number of nitrogens with one attached hydrogen (secondary N) is 1. The summed E-state index contributed by atoms with van der Waals surface area (Å²) < 4.78 is 11.1. The molecule has 1 aromatic rings. The van der Waals surface area contributed by atoms with Crippen LogP contribution < -0.4 is 5.32 Å². The zero-order valence-corrected chi connectivity index (χ0v) is 12.7. The monoisotopic (exact) mass is 265 g/mol. The summed E-state index contributed by atoms with van der Waals surface area (Å²) in [7, 11) is 1.97. The molecule has 0 bridgehead atoms. The van der Waals surface area contributed by atoms with Crippen molar-refractivity contribution in [3.63, 3.8) is 0 Å². The number of likely N-dealkylation sites (N-methyl/N-ethyl adjacent to an activating group) is 1. The lowest BCUT2D eigenvalue weighted by Crippen LogP contribution is -2.23. The Labute approximate surface area is 117 Å². The van der Waals surface area contributed by atoms with Crippen LogP contribution in [0, 0.1) is 13.8 Å². The standard InChI is InChI=1S/C16H27NO2/c1-5-8-18-9-10-19-12-16(17-4)15-7-6-13(2)11-14(15)3/h6-7,11,16-17H,5,8-10,12H2,1-4H3. The Hall–Kier alpha value is -0.900. The van der Waals surface area contributed by atoms with Crippen LogP contribution in [0.15, 0.2) is 18.2 Å². The highest BCUT2D eigenvalue weighted by molar-refractivity contribution is 5.32. The number of hydrogen-bond donors (Lipinski definition) is 1. The SMILES string of the molecule is CCCOCCOCC(NC)c1ccc(C)cc1C. The first-order chi connectivity index (χ1) is 9.19. The highest BCUT2D eigenvalue weighted by Crippen LogP contribution is 2.19. The smallest absolute Gasteiger partial charge is 0.0701 e. The molecule has 1 rings (SSSR count). The summed E-state index contributed by atoms with van der Waals surface area (Å²) in [6.45, 7) is 9.20. The fraction of sp³-hybridized carbons (Fsp3) is 0.625. The molecule has 0 aliphatic rings. The molecule has 1 aromatic carbocycles. The summed E-state index contributed by atoms with van der Waals surface area (Å²) in [6, 6.07) is 6.79. The van der Waals surface area contributed by atoms with Crippen LogP contribution in [0.3, 0.4) is 0 Å². The van der Waals surface area contributed by atoms with Crippen LogP contribution in [-0.4, -0.2) is 33.5 Å². The van der Waals surface area contributed by atoms with Gasteiger partial charge in [-0.15, -0.1) is 0 Å². The third-order valence-corrected chi connectivity index (χ3v) is 3.15. The molecule has 0 aliphatic carbocycles. The minimum Gasteiger partial charge on any atom is -0.379 e. The van der Waals surface area contributed by atoms with Gasteiger partial charge < -0.3 is 14.8 Å². The summed E-state index contributed by atoms with van der Waals surface area (Å²) in [4.78, 5) is 0. The topological polar surface area (TPSA) is 30.5 Å². The van der Waals surface area contributed by atoms with Crippen molar-refractivity contribution in [3.05, 3.63) is 34.9 Å². The molecule has 3 heteroatoms. The van der Waals surface area contributed by atoms with Crippen LogP contribution in [0.25, 0.3) is 0 Å². The molecular weight excluding hydrogens is 238 g/mol. The van der Waals surface area contributed by atoms with Crippen molar-refractivity contribution in [2.75, 3.05) is 33.5 Å². The van der Waals surface area contributed by atoms with E-state index < -0.39 is 0 Å². The van der Waals surface area contributed by atoms with Gasteiger partial charge in [0.05, 0.1) is 25.9 Å². The zero-order valence-electron chi connectivity index (χ0n) is 12.7. The molecule has 0 amide bonds. The van der Waals surface area contributed by atoms with Crippen molar-refractivity contribution < 1.29 is 9.47 Å². The van der Waals surface area contributed by atoms with Crippen molar-refractivity contribution in [2.45, 2.75) is 33.2 Å². The lowest BCUT2D eigenvalue weighted by Gasteiger charge is -2.19. The molecule has 0 heterocycles. The van der Waals surface area contributed by atoms with Gasteiger partial charge in [0.25, 0.3) is 0 Å². The molecule has 0 aliphatic heterocycles. The Balaban J connectivity index is 2.40. The second-order valence-electron chi connectivity index (χ2n) is 4.89. The number of ether oxygens (including phenoxy) is 2. The first kappa shape index (κ1) is 16.2. The normalized spacial score (nSPS) is 12.6. The molecule has 0 spiro atoms. The van der Waals surface area contributed by atoms with Crippen LogP contribution in [0.5, 0.6) is 0 Å². The predicted octanol–water partition coefficient (Wildman–Crippen LogP) is 3.01. The molecule has 1 N–H and O–H groups in total. The van der Waals surface area contributed by atoms with Crippen molar-refractivity contribution >= 4 is 0 Å². The second-order valence-corrected chi connectivity index (χ2v) is 4.89. The van der Waals surface area contributed by atoms with Gasteiger partial charge in [-0.05, 0) is 38.4 Å². The summed E-state index contributed by atoms with van der Waals surface area (Å²) in [5, 5.41) is 3.31. The lowest BCUT2D eigenvalue weighted by atomic mass is 10.00. The highest BCUT2D eigenvalue weighted by atomic mass is 16.5. The molecule has 1 atom stereocenters. The maximum Gasteiger partial charge on any atom is 0.0701 e.